The predicted octanol–water partition coefficient (Wildman–Crippen LogP) is 2.06. The Morgan fingerprint density at radius 1 is 1.31 bits per heavy atom. The summed E-state index contributed by atoms with van der Waals surface area (Å²) in [6, 6.07) is 4.53. The van der Waals surface area contributed by atoms with Gasteiger partial charge < -0.3 is 25.4 Å². The van der Waals surface area contributed by atoms with Crippen LogP contribution in [0.15, 0.2) is 18.2 Å². The van der Waals surface area contributed by atoms with Crippen LogP contribution in [0.2, 0.25) is 10.0 Å². The van der Waals surface area contributed by atoms with Gasteiger partial charge in [-0.05, 0) is 12.1 Å². The molecule has 0 spiro atoms. The number of ether oxygens (including phenoxy) is 1. The van der Waals surface area contributed by atoms with Crippen molar-refractivity contribution in [1.29, 1.82) is 0 Å². The van der Waals surface area contributed by atoms with Crippen molar-refractivity contribution in [3.63, 3.8) is 0 Å². The average Bonchev–Trinajstić information content (AvgIpc) is 2.79. The lowest BCUT2D eigenvalue weighted by molar-refractivity contribution is -0.134. The molecule has 0 aliphatic carbocycles. The van der Waals surface area contributed by atoms with Crippen molar-refractivity contribution >= 4 is 46.8 Å². The Labute approximate surface area is 160 Å². The molecule has 2 aliphatic heterocycles. The molecule has 0 aromatic heterocycles. The summed E-state index contributed by atoms with van der Waals surface area (Å²) in [5, 5.41) is 13.7. The fourth-order valence-corrected chi connectivity index (χ4v) is 2.94. The van der Waals surface area contributed by atoms with E-state index in [2.05, 4.69) is 10.6 Å². The Morgan fingerprint density at radius 2 is 2.00 bits per heavy atom. The zero-order valence-corrected chi connectivity index (χ0v) is 15.5. The van der Waals surface area contributed by atoms with Crippen molar-refractivity contribution in [3.05, 3.63) is 28.2 Å². The van der Waals surface area contributed by atoms with Crippen LogP contribution in [0.1, 0.15) is 6.92 Å². The van der Waals surface area contributed by atoms with E-state index in [1.54, 1.807) is 23.1 Å². The van der Waals surface area contributed by atoms with Crippen LogP contribution in [-0.4, -0.2) is 60.3 Å². The number of carbonyl (C=O) groups excluding carboxylic acids is 2. The standard InChI is InChI=1S/C14H15Cl2N3O3.C2H4O2/c15-10-2-1-3-11(12(10)16)18-14(21)19-4-8-6-22-7-9(5-19)17-13(8)20;1-2(3)4/h1-3,8-9H,4-7H2,(H,17,20)(H,18,21);1H3,(H,3,4)/t8-,9+;/m1./s1. The lowest BCUT2D eigenvalue weighted by Gasteiger charge is -2.27. The number of fused-ring (bicyclic) bond motifs is 3. The molecule has 8 nitrogen and oxygen atoms in total. The van der Waals surface area contributed by atoms with Crippen molar-refractivity contribution in [2.24, 2.45) is 5.92 Å². The minimum atomic E-state index is -0.833. The number of nitrogens with one attached hydrogen (secondary N) is 2. The van der Waals surface area contributed by atoms with E-state index in [-0.39, 0.29) is 23.9 Å². The molecule has 0 radical (unpaired) electrons. The number of hydrogen-bond donors (Lipinski definition) is 3. The van der Waals surface area contributed by atoms with Gasteiger partial charge in [0.1, 0.15) is 0 Å². The maximum Gasteiger partial charge on any atom is 0.321 e. The Bertz CT molecular complexity index is 696. The third-order valence-electron chi connectivity index (χ3n) is 3.72. The number of nitrogens with zero attached hydrogens (tertiary/aromatic N) is 1. The second-order valence-corrected chi connectivity index (χ2v) is 6.68. The molecule has 2 aliphatic rings. The third-order valence-corrected chi connectivity index (χ3v) is 4.54. The van der Waals surface area contributed by atoms with Crippen LogP contribution in [0.3, 0.4) is 0 Å². The number of halogens is 2. The van der Waals surface area contributed by atoms with Gasteiger partial charge in [-0.1, -0.05) is 29.3 Å². The van der Waals surface area contributed by atoms with Crippen molar-refractivity contribution in [1.82, 2.24) is 10.2 Å². The highest BCUT2D eigenvalue weighted by atomic mass is 35.5. The normalized spacial score (nSPS) is 21.7. The summed E-state index contributed by atoms with van der Waals surface area (Å²) >= 11 is 12.0. The van der Waals surface area contributed by atoms with E-state index in [0.29, 0.717) is 42.0 Å². The summed E-state index contributed by atoms with van der Waals surface area (Å²) in [5.74, 6) is -1.26. The van der Waals surface area contributed by atoms with Crippen LogP contribution in [0, 0.1) is 5.92 Å². The van der Waals surface area contributed by atoms with Gasteiger partial charge >= 0.3 is 6.03 Å². The second kappa shape index (κ2) is 9.07. The molecule has 2 saturated heterocycles. The van der Waals surface area contributed by atoms with E-state index in [1.807, 2.05) is 0 Å². The minimum absolute atomic E-state index is 0.0708. The molecule has 10 heteroatoms. The molecule has 3 amide bonds. The van der Waals surface area contributed by atoms with Crippen molar-refractivity contribution in [3.8, 4) is 0 Å². The first-order valence-corrected chi connectivity index (χ1v) is 8.61. The summed E-state index contributed by atoms with van der Waals surface area (Å²) in [6.45, 7) is 2.52. The van der Waals surface area contributed by atoms with E-state index < -0.39 is 5.97 Å². The van der Waals surface area contributed by atoms with Crippen molar-refractivity contribution < 1.29 is 24.2 Å². The van der Waals surface area contributed by atoms with Gasteiger partial charge in [0.25, 0.3) is 5.97 Å². The Hall–Kier alpha value is -2.03. The van der Waals surface area contributed by atoms with Gasteiger partial charge in [-0.15, -0.1) is 0 Å². The molecule has 3 rings (SSSR count). The van der Waals surface area contributed by atoms with Crippen molar-refractivity contribution in [2.45, 2.75) is 13.0 Å². The van der Waals surface area contributed by atoms with Gasteiger partial charge in [0.2, 0.25) is 5.91 Å². The number of carboxylic acids is 1. The summed E-state index contributed by atoms with van der Waals surface area (Å²) in [5.41, 5.74) is 0.448. The first-order valence-electron chi connectivity index (χ1n) is 7.85. The number of benzene rings is 1. The highest BCUT2D eigenvalue weighted by Gasteiger charge is 2.35. The molecule has 1 aromatic rings. The summed E-state index contributed by atoms with van der Waals surface area (Å²) in [7, 11) is 0. The first-order chi connectivity index (χ1) is 12.3. The summed E-state index contributed by atoms with van der Waals surface area (Å²) < 4.78 is 5.43. The number of anilines is 1. The molecule has 0 unspecified atom stereocenters. The smallest absolute Gasteiger partial charge is 0.321 e. The van der Waals surface area contributed by atoms with Gasteiger partial charge in [0, 0.05) is 20.0 Å². The molecule has 2 atom stereocenters. The largest absolute Gasteiger partial charge is 0.481 e. The minimum Gasteiger partial charge on any atom is -0.481 e. The average molecular weight is 404 g/mol. The maximum atomic E-state index is 12.5. The van der Waals surface area contributed by atoms with Crippen LogP contribution in [0.5, 0.6) is 0 Å². The summed E-state index contributed by atoms with van der Waals surface area (Å²) in [6.07, 6.45) is 0. The quantitative estimate of drug-likeness (QED) is 0.664. The van der Waals surface area contributed by atoms with Crippen LogP contribution >= 0.6 is 23.2 Å². The van der Waals surface area contributed by atoms with Crippen LogP contribution in [0.25, 0.3) is 0 Å². The zero-order chi connectivity index (χ0) is 19.3. The molecule has 2 bridgehead atoms. The molecule has 1 aromatic carbocycles. The zero-order valence-electron chi connectivity index (χ0n) is 14.0. The number of carboxylic acid groups (broad SMARTS) is 1. The fourth-order valence-electron chi connectivity index (χ4n) is 2.59. The predicted molar refractivity (Wildman–Crippen MR) is 96.6 cm³/mol. The first kappa shape index (κ1) is 20.3. The fraction of sp³-hybridized carbons (Fsp3) is 0.438. The number of rotatable bonds is 1. The van der Waals surface area contributed by atoms with Gasteiger partial charge in [-0.2, -0.15) is 0 Å². The molecule has 2 heterocycles. The molecule has 3 N–H and O–H groups in total. The van der Waals surface area contributed by atoms with Gasteiger partial charge in [-0.25, -0.2) is 4.79 Å². The number of carbonyl (C=O) groups is 3. The number of urea groups is 1. The topological polar surface area (TPSA) is 108 Å². The highest BCUT2D eigenvalue weighted by molar-refractivity contribution is 6.43. The molecular weight excluding hydrogens is 385 g/mol. The molecular formula is C16H19Cl2N3O5. The van der Waals surface area contributed by atoms with E-state index in [4.69, 9.17) is 37.8 Å². The van der Waals surface area contributed by atoms with Crippen molar-refractivity contribution in [2.75, 3.05) is 31.6 Å². The number of aliphatic carboxylic acids is 1. The van der Waals surface area contributed by atoms with Crippen LogP contribution < -0.4 is 10.6 Å². The molecule has 26 heavy (non-hydrogen) atoms. The lowest BCUT2D eigenvalue weighted by Crippen LogP contribution is -2.46. The van der Waals surface area contributed by atoms with Crippen LogP contribution in [-0.2, 0) is 14.3 Å². The number of hydrogen-bond acceptors (Lipinski definition) is 4. The molecule has 142 valence electrons. The lowest BCUT2D eigenvalue weighted by atomic mass is 10.1. The SMILES string of the molecule is CC(=O)O.O=C1N[C@@H]2COC[C@H]1CN(C(=O)Nc1cccc(Cl)c1Cl)C2. The molecule has 0 saturated carbocycles. The van der Waals surface area contributed by atoms with E-state index in [1.165, 1.54) is 0 Å². The van der Waals surface area contributed by atoms with E-state index in [0.717, 1.165) is 6.92 Å². The maximum absolute atomic E-state index is 12.5. The molecule has 2 fully saturated rings. The van der Waals surface area contributed by atoms with Gasteiger partial charge in [0.05, 0.1) is 40.9 Å². The third kappa shape index (κ3) is 5.48. The Morgan fingerprint density at radius 3 is 2.69 bits per heavy atom. The van der Waals surface area contributed by atoms with Gasteiger partial charge in [0.15, 0.2) is 0 Å². The second-order valence-electron chi connectivity index (χ2n) is 5.90. The monoisotopic (exact) mass is 403 g/mol. The van der Waals surface area contributed by atoms with Crippen LogP contribution in [0.4, 0.5) is 10.5 Å². The highest BCUT2D eigenvalue weighted by Crippen LogP contribution is 2.29. The number of amides is 3. The Balaban J connectivity index is 0.000000552. The van der Waals surface area contributed by atoms with Gasteiger partial charge in [-0.3, -0.25) is 9.59 Å². The van der Waals surface area contributed by atoms with E-state index in [9.17, 15) is 9.59 Å². The Kier molecular flexibility index (Phi) is 7.07. The van der Waals surface area contributed by atoms with E-state index >= 15 is 0 Å². The summed E-state index contributed by atoms with van der Waals surface area (Å²) in [4.78, 5) is 35.0.